The average Bonchev–Trinajstić information content (AvgIpc) is 2.79. The summed E-state index contributed by atoms with van der Waals surface area (Å²) in [7, 11) is 1.76. The summed E-state index contributed by atoms with van der Waals surface area (Å²) in [6, 6.07) is 0. The minimum atomic E-state index is -0.0687. The van der Waals surface area contributed by atoms with E-state index >= 15 is 0 Å². The third-order valence-electron chi connectivity index (χ3n) is 4.52. The van der Waals surface area contributed by atoms with Crippen LogP contribution in [-0.2, 0) is 11.8 Å². The lowest BCUT2D eigenvalue weighted by atomic mass is 9.79. The molecule has 2 saturated heterocycles. The monoisotopic (exact) mass is 295 g/mol. The largest absolute Gasteiger partial charge is 0.383 e. The molecule has 3 heterocycles. The van der Waals surface area contributed by atoms with Crippen LogP contribution in [0.2, 0.25) is 0 Å². The number of nitrogens with zero attached hydrogens (tertiary/aromatic N) is 2. The van der Waals surface area contributed by atoms with Crippen molar-refractivity contribution in [3.8, 4) is 0 Å². The van der Waals surface area contributed by atoms with Gasteiger partial charge in [0.1, 0.15) is 5.82 Å². The Morgan fingerprint density at radius 2 is 2.30 bits per heavy atom. The number of ketones is 1. The zero-order valence-electron chi connectivity index (χ0n) is 11.8. The third kappa shape index (κ3) is 2.46. The molecule has 1 aromatic heterocycles. The Bertz CT molecular complexity index is 503. The minimum Gasteiger partial charge on any atom is -0.383 e. The van der Waals surface area contributed by atoms with E-state index in [0.29, 0.717) is 18.0 Å². The first-order chi connectivity index (χ1) is 9.61. The summed E-state index contributed by atoms with van der Waals surface area (Å²) >= 11 is 1.98. The number of anilines is 1. The summed E-state index contributed by atoms with van der Waals surface area (Å²) in [5, 5.41) is 4.07. The van der Waals surface area contributed by atoms with Crippen LogP contribution in [0.15, 0.2) is 6.20 Å². The van der Waals surface area contributed by atoms with Crippen molar-refractivity contribution in [1.82, 2.24) is 9.78 Å². The van der Waals surface area contributed by atoms with Gasteiger partial charge in [-0.1, -0.05) is 0 Å². The van der Waals surface area contributed by atoms with Crippen LogP contribution in [0.5, 0.6) is 0 Å². The number of thioether (sulfide) groups is 1. The van der Waals surface area contributed by atoms with Gasteiger partial charge in [0.15, 0.2) is 5.78 Å². The molecule has 2 aliphatic rings. The van der Waals surface area contributed by atoms with E-state index < -0.39 is 0 Å². The van der Waals surface area contributed by atoms with Crippen molar-refractivity contribution in [2.75, 3.05) is 23.8 Å². The highest BCUT2D eigenvalue weighted by atomic mass is 32.2. The maximum absolute atomic E-state index is 12.7. The second-order valence-electron chi connectivity index (χ2n) is 5.76. The Labute approximate surface area is 123 Å². The minimum absolute atomic E-state index is 0.0262. The molecule has 5 nitrogen and oxygen atoms in total. The number of rotatable bonds is 2. The van der Waals surface area contributed by atoms with Crippen molar-refractivity contribution in [3.05, 3.63) is 11.8 Å². The van der Waals surface area contributed by atoms with E-state index in [2.05, 4.69) is 5.10 Å². The average molecular weight is 295 g/mol. The predicted molar refractivity (Wildman–Crippen MR) is 79.9 cm³/mol. The summed E-state index contributed by atoms with van der Waals surface area (Å²) in [6.45, 7) is 0.682. The van der Waals surface area contributed by atoms with Gasteiger partial charge in [0.05, 0.1) is 17.4 Å². The van der Waals surface area contributed by atoms with Crippen molar-refractivity contribution in [3.63, 3.8) is 0 Å². The molecule has 0 saturated carbocycles. The quantitative estimate of drug-likeness (QED) is 0.844. The molecule has 0 amide bonds. The summed E-state index contributed by atoms with van der Waals surface area (Å²) in [5.41, 5.74) is 6.43. The molecule has 0 aliphatic carbocycles. The van der Waals surface area contributed by atoms with E-state index in [4.69, 9.17) is 10.5 Å². The van der Waals surface area contributed by atoms with Crippen LogP contribution in [0.1, 0.15) is 36.0 Å². The zero-order chi connectivity index (χ0) is 14.2. The summed E-state index contributed by atoms with van der Waals surface area (Å²) in [5.74, 6) is 2.90. The second kappa shape index (κ2) is 5.41. The SMILES string of the molecule is Cn1ncc(C(=O)C2CCOC3(CCSCC3)C2)c1N. The Balaban J connectivity index is 1.76. The molecule has 6 heteroatoms. The summed E-state index contributed by atoms with van der Waals surface area (Å²) < 4.78 is 7.60. The Kier molecular flexibility index (Phi) is 3.77. The van der Waals surface area contributed by atoms with E-state index in [1.165, 1.54) is 0 Å². The highest BCUT2D eigenvalue weighted by molar-refractivity contribution is 7.99. The Morgan fingerprint density at radius 3 is 2.95 bits per heavy atom. The Morgan fingerprint density at radius 1 is 1.55 bits per heavy atom. The summed E-state index contributed by atoms with van der Waals surface area (Å²) in [6.07, 6.45) is 5.34. The van der Waals surface area contributed by atoms with Gasteiger partial charge in [-0.25, -0.2) is 0 Å². The van der Waals surface area contributed by atoms with Crippen LogP contribution < -0.4 is 5.73 Å². The molecule has 110 valence electrons. The van der Waals surface area contributed by atoms with E-state index in [1.54, 1.807) is 17.9 Å². The van der Waals surface area contributed by atoms with Gasteiger partial charge < -0.3 is 10.5 Å². The van der Waals surface area contributed by atoms with Crippen molar-refractivity contribution >= 4 is 23.4 Å². The highest BCUT2D eigenvalue weighted by Crippen LogP contribution is 2.40. The number of nitrogen functional groups attached to an aromatic ring is 1. The molecule has 1 unspecified atom stereocenters. The van der Waals surface area contributed by atoms with E-state index in [-0.39, 0.29) is 17.3 Å². The lowest BCUT2D eigenvalue weighted by molar-refractivity contribution is -0.0959. The van der Waals surface area contributed by atoms with Crippen LogP contribution in [0.25, 0.3) is 0 Å². The number of aryl methyl sites for hydroxylation is 1. The standard InChI is InChI=1S/C14H21N3O2S/c1-17-13(15)11(9-16-17)12(18)10-2-5-19-14(8-10)3-6-20-7-4-14/h9-10H,2-8,15H2,1H3. The first-order valence-corrected chi connectivity index (χ1v) is 8.30. The highest BCUT2D eigenvalue weighted by Gasteiger charge is 2.41. The van der Waals surface area contributed by atoms with E-state index in [0.717, 1.165) is 37.2 Å². The number of hydrogen-bond donors (Lipinski definition) is 1. The summed E-state index contributed by atoms with van der Waals surface area (Å²) in [4.78, 5) is 12.7. The van der Waals surface area contributed by atoms with Crippen molar-refractivity contribution in [2.45, 2.75) is 31.3 Å². The van der Waals surface area contributed by atoms with Gasteiger partial charge in [-0.2, -0.15) is 16.9 Å². The number of ether oxygens (including phenoxy) is 1. The van der Waals surface area contributed by atoms with Crippen molar-refractivity contribution in [2.24, 2.45) is 13.0 Å². The first-order valence-electron chi connectivity index (χ1n) is 7.15. The van der Waals surface area contributed by atoms with Crippen LogP contribution >= 0.6 is 11.8 Å². The number of aromatic nitrogens is 2. The first kappa shape index (κ1) is 13.9. The van der Waals surface area contributed by atoms with Gasteiger partial charge in [-0.15, -0.1) is 0 Å². The normalized spacial score (nSPS) is 25.8. The van der Waals surface area contributed by atoms with Gasteiger partial charge in [0.25, 0.3) is 0 Å². The van der Waals surface area contributed by atoms with E-state index in [1.807, 2.05) is 11.8 Å². The molecule has 2 N–H and O–H groups in total. The number of nitrogens with two attached hydrogens (primary N) is 1. The maximum atomic E-state index is 12.7. The van der Waals surface area contributed by atoms with Gasteiger partial charge in [-0.05, 0) is 37.2 Å². The predicted octanol–water partition coefficient (Wildman–Crippen LogP) is 1.88. The van der Waals surface area contributed by atoms with Crippen LogP contribution in [0, 0.1) is 5.92 Å². The smallest absolute Gasteiger partial charge is 0.171 e. The fourth-order valence-corrected chi connectivity index (χ4v) is 4.44. The molecule has 1 atom stereocenters. The van der Waals surface area contributed by atoms with E-state index in [9.17, 15) is 4.79 Å². The molecule has 20 heavy (non-hydrogen) atoms. The molecular weight excluding hydrogens is 274 g/mol. The number of carbonyl (C=O) groups excluding carboxylic acids is 1. The van der Waals surface area contributed by atoms with Gasteiger partial charge in [0, 0.05) is 19.6 Å². The molecule has 1 spiro atoms. The third-order valence-corrected chi connectivity index (χ3v) is 5.50. The van der Waals surface area contributed by atoms with Gasteiger partial charge >= 0.3 is 0 Å². The topological polar surface area (TPSA) is 70.1 Å². The molecule has 0 aromatic carbocycles. The van der Waals surface area contributed by atoms with Crippen molar-refractivity contribution < 1.29 is 9.53 Å². The van der Waals surface area contributed by atoms with Crippen LogP contribution in [-0.4, -0.2) is 39.3 Å². The lowest BCUT2D eigenvalue weighted by Crippen LogP contribution is -2.44. The molecule has 2 fully saturated rings. The molecular formula is C14H21N3O2S. The number of Topliss-reactive ketones (excluding diaryl/α,β-unsaturated/α-hetero) is 1. The molecule has 0 bridgehead atoms. The van der Waals surface area contributed by atoms with Gasteiger partial charge in [-0.3, -0.25) is 9.48 Å². The molecule has 2 aliphatic heterocycles. The second-order valence-corrected chi connectivity index (χ2v) is 6.99. The van der Waals surface area contributed by atoms with Crippen molar-refractivity contribution in [1.29, 1.82) is 0 Å². The van der Waals surface area contributed by atoms with Crippen LogP contribution in [0.4, 0.5) is 5.82 Å². The molecule has 1 aromatic rings. The van der Waals surface area contributed by atoms with Gasteiger partial charge in [0.2, 0.25) is 0 Å². The molecule has 3 rings (SSSR count). The van der Waals surface area contributed by atoms with Crippen LogP contribution in [0.3, 0.4) is 0 Å². The maximum Gasteiger partial charge on any atom is 0.171 e. The fraction of sp³-hybridized carbons (Fsp3) is 0.714. The lowest BCUT2D eigenvalue weighted by Gasteiger charge is -2.42. The fourth-order valence-electron chi connectivity index (χ4n) is 3.20. The molecule has 0 radical (unpaired) electrons. The number of hydrogen-bond acceptors (Lipinski definition) is 5. The Hall–Kier alpha value is -1.01. The zero-order valence-corrected chi connectivity index (χ0v) is 12.6. The number of carbonyl (C=O) groups is 1.